The molecule has 0 bridgehead atoms. The standard InChI is InChI=1S/C15H11BrN2O3/c16-12-5-11(7-17-8-12)14(19)18-4-3-9-1-2-10(15(20)21)6-13(9)18/h1-2,5-8H,3-4H2,(H,20,21). The number of benzene rings is 1. The molecule has 0 saturated carbocycles. The first kappa shape index (κ1) is 13.8. The van der Waals surface area contributed by atoms with Gasteiger partial charge in [-0.15, -0.1) is 0 Å². The van der Waals surface area contributed by atoms with Gasteiger partial charge >= 0.3 is 5.97 Å². The highest BCUT2D eigenvalue weighted by Gasteiger charge is 2.26. The molecule has 106 valence electrons. The molecular formula is C15H11BrN2O3. The Morgan fingerprint density at radius 1 is 1.19 bits per heavy atom. The van der Waals surface area contributed by atoms with Gasteiger partial charge in [-0.25, -0.2) is 4.79 Å². The molecule has 0 unspecified atom stereocenters. The lowest BCUT2D eigenvalue weighted by molar-refractivity contribution is 0.0696. The van der Waals surface area contributed by atoms with Gasteiger partial charge in [0.1, 0.15) is 0 Å². The lowest BCUT2D eigenvalue weighted by Gasteiger charge is -2.17. The number of hydrogen-bond acceptors (Lipinski definition) is 3. The Bertz CT molecular complexity index is 745. The van der Waals surface area contributed by atoms with Crippen LogP contribution in [0.2, 0.25) is 0 Å². The number of aromatic carboxylic acids is 1. The monoisotopic (exact) mass is 346 g/mol. The summed E-state index contributed by atoms with van der Waals surface area (Å²) in [6, 6.07) is 6.59. The van der Waals surface area contributed by atoms with Crippen LogP contribution in [-0.2, 0) is 6.42 Å². The number of carboxylic acid groups (broad SMARTS) is 1. The maximum atomic E-state index is 12.6. The number of nitrogens with zero attached hydrogens (tertiary/aromatic N) is 2. The summed E-state index contributed by atoms with van der Waals surface area (Å²) in [5, 5.41) is 9.07. The van der Waals surface area contributed by atoms with Crippen LogP contribution in [0.3, 0.4) is 0 Å². The zero-order valence-electron chi connectivity index (χ0n) is 10.9. The number of hydrogen-bond donors (Lipinski definition) is 1. The zero-order valence-corrected chi connectivity index (χ0v) is 12.5. The number of halogens is 1. The first-order valence-electron chi connectivity index (χ1n) is 6.35. The number of pyridine rings is 1. The van der Waals surface area contributed by atoms with E-state index in [2.05, 4.69) is 20.9 Å². The Balaban J connectivity index is 1.98. The molecule has 2 heterocycles. The molecule has 0 fully saturated rings. The van der Waals surface area contributed by atoms with Crippen molar-refractivity contribution in [3.63, 3.8) is 0 Å². The van der Waals surface area contributed by atoms with Crippen molar-refractivity contribution in [3.05, 3.63) is 57.8 Å². The van der Waals surface area contributed by atoms with E-state index in [1.165, 1.54) is 6.20 Å². The first-order chi connectivity index (χ1) is 10.1. The quantitative estimate of drug-likeness (QED) is 0.907. The molecule has 1 aliphatic heterocycles. The molecule has 1 aromatic heterocycles. The van der Waals surface area contributed by atoms with Crippen molar-refractivity contribution >= 4 is 33.5 Å². The molecule has 1 aliphatic rings. The van der Waals surface area contributed by atoms with Crippen LogP contribution >= 0.6 is 15.9 Å². The Kier molecular flexibility index (Phi) is 3.47. The van der Waals surface area contributed by atoms with Crippen LogP contribution in [0.15, 0.2) is 41.1 Å². The van der Waals surface area contributed by atoms with Crippen molar-refractivity contribution in [1.82, 2.24) is 4.98 Å². The summed E-state index contributed by atoms with van der Waals surface area (Å²) in [7, 11) is 0. The van der Waals surface area contributed by atoms with Crippen molar-refractivity contribution in [3.8, 4) is 0 Å². The molecule has 6 heteroatoms. The van der Waals surface area contributed by atoms with E-state index in [9.17, 15) is 9.59 Å². The maximum absolute atomic E-state index is 12.6. The van der Waals surface area contributed by atoms with Gasteiger partial charge in [-0.2, -0.15) is 0 Å². The topological polar surface area (TPSA) is 70.5 Å². The molecule has 1 aromatic carbocycles. The average molecular weight is 347 g/mol. The molecule has 1 amide bonds. The van der Waals surface area contributed by atoms with Gasteiger partial charge in [0, 0.05) is 29.1 Å². The number of carboxylic acids is 1. The van der Waals surface area contributed by atoms with Crippen molar-refractivity contribution in [2.24, 2.45) is 0 Å². The number of fused-ring (bicyclic) bond motifs is 1. The Morgan fingerprint density at radius 3 is 2.71 bits per heavy atom. The second-order valence-electron chi connectivity index (χ2n) is 4.75. The number of rotatable bonds is 2. The van der Waals surface area contributed by atoms with Crippen LogP contribution < -0.4 is 4.90 Å². The largest absolute Gasteiger partial charge is 0.478 e. The van der Waals surface area contributed by atoms with E-state index in [1.54, 1.807) is 35.4 Å². The van der Waals surface area contributed by atoms with Crippen molar-refractivity contribution in [2.75, 3.05) is 11.4 Å². The van der Waals surface area contributed by atoms with Gasteiger partial charge in [-0.1, -0.05) is 6.07 Å². The van der Waals surface area contributed by atoms with Gasteiger partial charge in [0.25, 0.3) is 5.91 Å². The fraction of sp³-hybridized carbons (Fsp3) is 0.133. The molecule has 1 N–H and O–H groups in total. The fourth-order valence-corrected chi connectivity index (χ4v) is 2.77. The highest BCUT2D eigenvalue weighted by Crippen LogP contribution is 2.30. The third-order valence-electron chi connectivity index (χ3n) is 3.42. The Hall–Kier alpha value is -2.21. The van der Waals surface area contributed by atoms with Crippen LogP contribution in [0.25, 0.3) is 0 Å². The van der Waals surface area contributed by atoms with Crippen molar-refractivity contribution in [2.45, 2.75) is 6.42 Å². The van der Waals surface area contributed by atoms with E-state index in [4.69, 9.17) is 5.11 Å². The first-order valence-corrected chi connectivity index (χ1v) is 7.14. The average Bonchev–Trinajstić information content (AvgIpc) is 2.89. The van der Waals surface area contributed by atoms with Gasteiger partial charge in [0.15, 0.2) is 0 Å². The molecule has 0 spiro atoms. The minimum Gasteiger partial charge on any atom is -0.478 e. The Morgan fingerprint density at radius 2 is 2.00 bits per heavy atom. The van der Waals surface area contributed by atoms with E-state index in [1.807, 2.05) is 0 Å². The SMILES string of the molecule is O=C(O)c1ccc2c(c1)N(C(=O)c1cncc(Br)c1)CC2. The molecule has 3 rings (SSSR count). The van der Waals surface area contributed by atoms with Gasteiger partial charge in [0.2, 0.25) is 0 Å². The highest BCUT2D eigenvalue weighted by atomic mass is 79.9. The highest BCUT2D eigenvalue weighted by molar-refractivity contribution is 9.10. The van der Waals surface area contributed by atoms with Gasteiger partial charge in [-0.05, 0) is 46.1 Å². The molecule has 5 nitrogen and oxygen atoms in total. The predicted octanol–water partition coefficient (Wildman–Crippen LogP) is 2.75. The second-order valence-corrected chi connectivity index (χ2v) is 5.66. The maximum Gasteiger partial charge on any atom is 0.335 e. The van der Waals surface area contributed by atoms with Gasteiger partial charge in [-0.3, -0.25) is 9.78 Å². The van der Waals surface area contributed by atoms with E-state index < -0.39 is 5.97 Å². The minimum atomic E-state index is -0.999. The lowest BCUT2D eigenvalue weighted by atomic mass is 10.1. The van der Waals surface area contributed by atoms with Crippen molar-refractivity contribution < 1.29 is 14.7 Å². The molecule has 2 aromatic rings. The number of amides is 1. The van der Waals surface area contributed by atoms with Crippen LogP contribution in [0, 0.1) is 0 Å². The third-order valence-corrected chi connectivity index (χ3v) is 3.86. The van der Waals surface area contributed by atoms with Gasteiger partial charge in [0.05, 0.1) is 11.1 Å². The summed E-state index contributed by atoms with van der Waals surface area (Å²) in [4.78, 5) is 29.2. The van der Waals surface area contributed by atoms with Crippen molar-refractivity contribution in [1.29, 1.82) is 0 Å². The smallest absolute Gasteiger partial charge is 0.335 e. The second kappa shape index (κ2) is 5.29. The van der Waals surface area contributed by atoms with E-state index in [-0.39, 0.29) is 11.5 Å². The summed E-state index contributed by atoms with van der Waals surface area (Å²) in [5.41, 5.74) is 2.30. The molecular weight excluding hydrogens is 336 g/mol. The van der Waals surface area contributed by atoms with E-state index >= 15 is 0 Å². The van der Waals surface area contributed by atoms with Crippen LogP contribution in [0.1, 0.15) is 26.3 Å². The zero-order chi connectivity index (χ0) is 15.0. The Labute approximate surface area is 129 Å². The number of aromatic nitrogens is 1. The van der Waals surface area contributed by atoms with E-state index in [0.717, 1.165) is 16.5 Å². The molecule has 21 heavy (non-hydrogen) atoms. The molecule has 0 aliphatic carbocycles. The van der Waals surface area contributed by atoms with Crippen LogP contribution in [0.5, 0.6) is 0 Å². The van der Waals surface area contributed by atoms with E-state index in [0.29, 0.717) is 17.8 Å². The molecule has 0 atom stereocenters. The number of carbonyl (C=O) groups is 2. The summed E-state index contributed by atoms with van der Waals surface area (Å²) in [5.74, 6) is -1.17. The van der Waals surface area contributed by atoms with Crippen LogP contribution in [-0.4, -0.2) is 28.5 Å². The predicted molar refractivity (Wildman–Crippen MR) is 80.7 cm³/mol. The number of carbonyl (C=O) groups excluding carboxylic acids is 1. The third kappa shape index (κ3) is 2.54. The molecule has 0 saturated heterocycles. The van der Waals surface area contributed by atoms with Crippen LogP contribution in [0.4, 0.5) is 5.69 Å². The normalized spacial score (nSPS) is 13.1. The summed E-state index contributed by atoms with van der Waals surface area (Å²) in [6.07, 6.45) is 3.84. The summed E-state index contributed by atoms with van der Waals surface area (Å²) < 4.78 is 0.729. The fourth-order valence-electron chi connectivity index (χ4n) is 2.41. The lowest BCUT2D eigenvalue weighted by Crippen LogP contribution is -2.29. The number of anilines is 1. The van der Waals surface area contributed by atoms with Gasteiger partial charge < -0.3 is 10.0 Å². The molecule has 0 radical (unpaired) electrons. The summed E-state index contributed by atoms with van der Waals surface area (Å²) in [6.45, 7) is 0.545. The minimum absolute atomic E-state index is 0.176. The summed E-state index contributed by atoms with van der Waals surface area (Å²) >= 11 is 3.29.